The second-order valence-electron chi connectivity index (χ2n) is 5.93. The highest BCUT2D eigenvalue weighted by molar-refractivity contribution is 5.78. The Balaban J connectivity index is 1.69. The van der Waals surface area contributed by atoms with Crippen molar-refractivity contribution in [1.82, 2.24) is 14.9 Å². The van der Waals surface area contributed by atoms with Crippen molar-refractivity contribution in [2.24, 2.45) is 0 Å². The molecule has 122 valence electrons. The van der Waals surface area contributed by atoms with Crippen molar-refractivity contribution in [2.45, 2.75) is 26.3 Å². The second-order valence-corrected chi connectivity index (χ2v) is 5.93. The van der Waals surface area contributed by atoms with E-state index in [-0.39, 0.29) is 11.9 Å². The second kappa shape index (κ2) is 7.13. The molecule has 4 nitrogen and oxygen atoms in total. The first kappa shape index (κ1) is 16.0. The molecule has 0 aliphatic rings. The normalized spacial score (nSPS) is 11.9. The van der Waals surface area contributed by atoms with Crippen molar-refractivity contribution in [3.05, 3.63) is 83.9 Å². The smallest absolute Gasteiger partial charge is 0.226 e. The first-order valence-electron chi connectivity index (χ1n) is 8.07. The van der Waals surface area contributed by atoms with Gasteiger partial charge < -0.3 is 9.88 Å². The van der Waals surface area contributed by atoms with E-state index < -0.39 is 0 Å². The van der Waals surface area contributed by atoms with Gasteiger partial charge in [0.25, 0.3) is 0 Å². The number of rotatable bonds is 5. The van der Waals surface area contributed by atoms with E-state index in [4.69, 9.17) is 0 Å². The lowest BCUT2D eigenvalue weighted by molar-refractivity contribution is -0.121. The molecule has 0 aliphatic carbocycles. The first-order valence-corrected chi connectivity index (χ1v) is 8.07. The maximum absolute atomic E-state index is 12.4. The van der Waals surface area contributed by atoms with Gasteiger partial charge in [-0.15, -0.1) is 0 Å². The van der Waals surface area contributed by atoms with E-state index in [1.165, 1.54) is 5.56 Å². The molecule has 0 bridgehead atoms. The molecule has 1 amide bonds. The molecule has 0 aliphatic heterocycles. The summed E-state index contributed by atoms with van der Waals surface area (Å²) in [6, 6.07) is 17.8. The largest absolute Gasteiger partial charge is 0.348 e. The molecule has 3 rings (SSSR count). The van der Waals surface area contributed by atoms with Crippen LogP contribution in [0.1, 0.15) is 29.9 Å². The number of aromatic nitrogens is 2. The third-order valence-corrected chi connectivity index (χ3v) is 4.00. The van der Waals surface area contributed by atoms with E-state index in [0.717, 1.165) is 17.1 Å². The van der Waals surface area contributed by atoms with Gasteiger partial charge in [0.05, 0.1) is 18.2 Å². The topological polar surface area (TPSA) is 46.9 Å². The summed E-state index contributed by atoms with van der Waals surface area (Å²) in [5.41, 5.74) is 4.10. The monoisotopic (exact) mass is 319 g/mol. The van der Waals surface area contributed by atoms with Crippen LogP contribution in [0.4, 0.5) is 0 Å². The van der Waals surface area contributed by atoms with Crippen LogP contribution in [0.3, 0.4) is 0 Å². The Morgan fingerprint density at radius 1 is 1.12 bits per heavy atom. The molecule has 1 atom stereocenters. The zero-order valence-electron chi connectivity index (χ0n) is 13.9. The number of aryl methyl sites for hydroxylation is 1. The lowest BCUT2D eigenvalue weighted by Gasteiger charge is -2.14. The molecule has 2 aromatic heterocycles. The molecule has 4 heteroatoms. The number of carbonyl (C=O) groups is 1. The van der Waals surface area contributed by atoms with Crippen molar-refractivity contribution >= 4 is 5.91 Å². The van der Waals surface area contributed by atoms with Gasteiger partial charge in [-0.3, -0.25) is 9.78 Å². The van der Waals surface area contributed by atoms with E-state index in [1.807, 2.05) is 48.0 Å². The number of nitrogens with one attached hydrogen (secondary N) is 1. The average Bonchev–Trinajstić information content (AvgIpc) is 3.04. The summed E-state index contributed by atoms with van der Waals surface area (Å²) in [6.45, 7) is 4.01. The van der Waals surface area contributed by atoms with Crippen molar-refractivity contribution < 1.29 is 4.79 Å². The predicted molar refractivity (Wildman–Crippen MR) is 95.0 cm³/mol. The molecule has 3 aromatic rings. The zero-order valence-corrected chi connectivity index (χ0v) is 13.9. The maximum atomic E-state index is 12.4. The minimum atomic E-state index is -0.110. The number of nitrogens with zero attached hydrogens (tertiary/aromatic N) is 2. The summed E-state index contributed by atoms with van der Waals surface area (Å²) in [6.07, 6.45) is 4.05. The van der Waals surface area contributed by atoms with Crippen molar-refractivity contribution in [1.29, 1.82) is 0 Å². The van der Waals surface area contributed by atoms with Crippen LogP contribution < -0.4 is 5.32 Å². The number of amides is 1. The van der Waals surface area contributed by atoms with Gasteiger partial charge in [-0.25, -0.2) is 0 Å². The van der Waals surface area contributed by atoms with Crippen molar-refractivity contribution in [3.63, 3.8) is 0 Å². The minimum absolute atomic E-state index is 0.0137. The number of pyridine rings is 1. The molecular formula is C20H21N3O. The van der Waals surface area contributed by atoms with Crippen LogP contribution in [-0.2, 0) is 11.2 Å². The van der Waals surface area contributed by atoms with E-state index in [9.17, 15) is 4.79 Å². The highest BCUT2D eigenvalue weighted by atomic mass is 16.1. The number of hydrogen-bond acceptors (Lipinski definition) is 2. The van der Waals surface area contributed by atoms with Crippen LogP contribution in [-0.4, -0.2) is 15.5 Å². The van der Waals surface area contributed by atoms with Crippen LogP contribution in [0.15, 0.2) is 67.0 Å². The van der Waals surface area contributed by atoms with E-state index in [2.05, 4.69) is 41.5 Å². The Bertz CT molecular complexity index is 806. The van der Waals surface area contributed by atoms with Crippen molar-refractivity contribution in [2.75, 3.05) is 0 Å². The van der Waals surface area contributed by atoms with Gasteiger partial charge in [-0.2, -0.15) is 0 Å². The Morgan fingerprint density at radius 3 is 2.62 bits per heavy atom. The number of carbonyl (C=O) groups excluding carboxylic acids is 1. The highest BCUT2D eigenvalue weighted by Gasteiger charge is 2.13. The summed E-state index contributed by atoms with van der Waals surface area (Å²) in [5.74, 6) is -0.0137. The SMILES string of the molecule is Cc1ccc(-n2cccc2CC(=O)N[C@@H](C)c2ccccn2)cc1. The van der Waals surface area contributed by atoms with Gasteiger partial charge in [-0.05, 0) is 50.2 Å². The zero-order chi connectivity index (χ0) is 16.9. The molecule has 0 saturated heterocycles. The van der Waals surface area contributed by atoms with Crippen LogP contribution in [0.25, 0.3) is 5.69 Å². The molecule has 0 unspecified atom stereocenters. The number of benzene rings is 1. The van der Waals surface area contributed by atoms with E-state index in [0.29, 0.717) is 6.42 Å². The van der Waals surface area contributed by atoms with Gasteiger partial charge >= 0.3 is 0 Å². The maximum Gasteiger partial charge on any atom is 0.226 e. The summed E-state index contributed by atoms with van der Waals surface area (Å²) in [5, 5.41) is 3.01. The average molecular weight is 319 g/mol. The Labute approximate surface area is 142 Å². The van der Waals surface area contributed by atoms with Crippen LogP contribution in [0.5, 0.6) is 0 Å². The van der Waals surface area contributed by atoms with Crippen molar-refractivity contribution in [3.8, 4) is 5.69 Å². The molecule has 24 heavy (non-hydrogen) atoms. The molecule has 0 fully saturated rings. The standard InChI is InChI=1S/C20H21N3O/c1-15-8-10-17(11-9-15)23-13-5-6-18(23)14-20(24)22-16(2)19-7-3-4-12-21-19/h3-13,16H,14H2,1-2H3,(H,22,24)/t16-/m0/s1. The molecule has 0 saturated carbocycles. The van der Waals surface area contributed by atoms with Gasteiger partial charge in [0.15, 0.2) is 0 Å². The minimum Gasteiger partial charge on any atom is -0.348 e. The Hall–Kier alpha value is -2.88. The third-order valence-electron chi connectivity index (χ3n) is 4.00. The summed E-state index contributed by atoms with van der Waals surface area (Å²) < 4.78 is 2.05. The van der Waals surface area contributed by atoms with Crippen LogP contribution in [0.2, 0.25) is 0 Å². The fraction of sp³-hybridized carbons (Fsp3) is 0.200. The quantitative estimate of drug-likeness (QED) is 0.781. The molecule has 1 N–H and O–H groups in total. The van der Waals surface area contributed by atoms with E-state index >= 15 is 0 Å². The molecule has 1 aromatic carbocycles. The van der Waals surface area contributed by atoms with Gasteiger partial charge in [-0.1, -0.05) is 23.8 Å². The van der Waals surface area contributed by atoms with Crippen LogP contribution >= 0.6 is 0 Å². The van der Waals surface area contributed by atoms with Gasteiger partial charge in [0.2, 0.25) is 5.91 Å². The van der Waals surface area contributed by atoms with E-state index in [1.54, 1.807) is 6.20 Å². The Kier molecular flexibility index (Phi) is 4.75. The molecule has 2 heterocycles. The molecule has 0 radical (unpaired) electrons. The van der Waals surface area contributed by atoms with Gasteiger partial charge in [0, 0.05) is 23.8 Å². The fourth-order valence-corrected chi connectivity index (χ4v) is 2.68. The fourth-order valence-electron chi connectivity index (χ4n) is 2.68. The molecule has 0 spiro atoms. The molecular weight excluding hydrogens is 298 g/mol. The first-order chi connectivity index (χ1) is 11.6. The number of hydrogen-bond donors (Lipinski definition) is 1. The van der Waals surface area contributed by atoms with Crippen LogP contribution in [0, 0.1) is 6.92 Å². The lowest BCUT2D eigenvalue weighted by Crippen LogP contribution is -2.29. The third kappa shape index (κ3) is 3.71. The summed E-state index contributed by atoms with van der Waals surface area (Å²) in [4.78, 5) is 16.7. The summed E-state index contributed by atoms with van der Waals surface area (Å²) in [7, 11) is 0. The predicted octanol–water partition coefficient (Wildman–Crippen LogP) is 3.60. The lowest BCUT2D eigenvalue weighted by atomic mass is 10.2. The Morgan fingerprint density at radius 2 is 1.92 bits per heavy atom. The highest BCUT2D eigenvalue weighted by Crippen LogP contribution is 2.15. The van der Waals surface area contributed by atoms with Gasteiger partial charge in [0.1, 0.15) is 0 Å². The summed E-state index contributed by atoms with van der Waals surface area (Å²) >= 11 is 0.